The van der Waals surface area contributed by atoms with E-state index >= 15 is 0 Å². The Balaban J connectivity index is 2.05. The van der Waals surface area contributed by atoms with Crippen molar-refractivity contribution in [3.8, 4) is 11.5 Å². The fraction of sp³-hybridized carbons (Fsp3) is 0.625. The normalized spacial score (nSPS) is 25.5. The molecule has 2 N–H and O–H groups in total. The number of nitrogens with two attached hydrogens (primary N) is 1. The quantitative estimate of drug-likeness (QED) is 0.932. The standard InChI is InChI=1S/C16H22F2N2O2/c1-16(17,18)12-7-15-14(21-3-4-22-15)6-11(12)13-5-10(8-19)9-20(13)2/h6-7,10,13H,3-5,8-9,19H2,1-2H3. The number of halogens is 2. The summed E-state index contributed by atoms with van der Waals surface area (Å²) in [6, 6.07) is 3.10. The third-order valence-electron chi connectivity index (χ3n) is 4.51. The summed E-state index contributed by atoms with van der Waals surface area (Å²) < 4.78 is 39.2. The van der Waals surface area contributed by atoms with E-state index in [0.29, 0.717) is 42.7 Å². The van der Waals surface area contributed by atoms with E-state index in [-0.39, 0.29) is 11.6 Å². The molecule has 0 aliphatic carbocycles. The van der Waals surface area contributed by atoms with Gasteiger partial charge in [0.2, 0.25) is 0 Å². The molecule has 1 saturated heterocycles. The predicted molar refractivity (Wildman–Crippen MR) is 79.5 cm³/mol. The van der Waals surface area contributed by atoms with Gasteiger partial charge in [-0.25, -0.2) is 8.78 Å². The average Bonchev–Trinajstić information content (AvgIpc) is 2.86. The van der Waals surface area contributed by atoms with Gasteiger partial charge in [0.05, 0.1) is 0 Å². The number of ether oxygens (including phenoxy) is 2. The molecule has 2 heterocycles. The van der Waals surface area contributed by atoms with Crippen molar-refractivity contribution in [2.45, 2.75) is 25.3 Å². The van der Waals surface area contributed by atoms with Gasteiger partial charge in [-0.2, -0.15) is 0 Å². The highest BCUT2D eigenvalue weighted by Crippen LogP contribution is 2.45. The van der Waals surface area contributed by atoms with Crippen LogP contribution >= 0.6 is 0 Å². The molecule has 6 heteroatoms. The molecule has 0 aromatic heterocycles. The maximum Gasteiger partial charge on any atom is 0.270 e. The summed E-state index contributed by atoms with van der Waals surface area (Å²) in [5.41, 5.74) is 6.39. The minimum absolute atomic E-state index is 0.0197. The van der Waals surface area contributed by atoms with Gasteiger partial charge in [-0.3, -0.25) is 4.90 Å². The molecule has 2 aliphatic heterocycles. The lowest BCUT2D eigenvalue weighted by Crippen LogP contribution is -2.24. The summed E-state index contributed by atoms with van der Waals surface area (Å²) in [6.45, 7) is 3.16. The molecule has 2 atom stereocenters. The zero-order valence-electron chi connectivity index (χ0n) is 12.9. The topological polar surface area (TPSA) is 47.7 Å². The van der Waals surface area contributed by atoms with E-state index in [9.17, 15) is 8.78 Å². The number of hydrogen-bond acceptors (Lipinski definition) is 4. The van der Waals surface area contributed by atoms with Crippen LogP contribution in [0, 0.1) is 5.92 Å². The second kappa shape index (κ2) is 5.66. The van der Waals surface area contributed by atoms with E-state index in [4.69, 9.17) is 15.2 Å². The third kappa shape index (κ3) is 2.77. The first-order valence-electron chi connectivity index (χ1n) is 7.62. The summed E-state index contributed by atoms with van der Waals surface area (Å²) in [6.07, 6.45) is 0.787. The van der Waals surface area contributed by atoms with Crippen molar-refractivity contribution >= 4 is 0 Å². The zero-order chi connectivity index (χ0) is 15.9. The molecule has 1 fully saturated rings. The fourth-order valence-corrected chi connectivity index (χ4v) is 3.40. The summed E-state index contributed by atoms with van der Waals surface area (Å²) >= 11 is 0. The Morgan fingerprint density at radius 3 is 2.45 bits per heavy atom. The molecule has 0 spiro atoms. The van der Waals surface area contributed by atoms with Crippen molar-refractivity contribution in [3.05, 3.63) is 23.3 Å². The second-order valence-corrected chi connectivity index (χ2v) is 6.26. The Bertz CT molecular complexity index is 560. The molecule has 0 amide bonds. The molecule has 0 bridgehead atoms. The largest absolute Gasteiger partial charge is 0.486 e. The number of likely N-dealkylation sites (tertiary alicyclic amines) is 1. The average molecular weight is 312 g/mol. The first kappa shape index (κ1) is 15.5. The molecule has 2 unspecified atom stereocenters. The summed E-state index contributed by atoms with van der Waals surface area (Å²) in [7, 11) is 1.95. The van der Waals surface area contributed by atoms with E-state index in [0.717, 1.165) is 19.9 Å². The number of nitrogens with zero attached hydrogens (tertiary/aromatic N) is 1. The predicted octanol–water partition coefficient (Wildman–Crippen LogP) is 2.52. The van der Waals surface area contributed by atoms with Crippen LogP contribution in [0.15, 0.2) is 12.1 Å². The number of benzene rings is 1. The second-order valence-electron chi connectivity index (χ2n) is 6.26. The summed E-state index contributed by atoms with van der Waals surface area (Å²) in [4.78, 5) is 2.10. The number of alkyl halides is 2. The summed E-state index contributed by atoms with van der Waals surface area (Å²) in [5.74, 6) is -1.63. The van der Waals surface area contributed by atoms with Crippen LogP contribution in [0.4, 0.5) is 8.78 Å². The van der Waals surface area contributed by atoms with Gasteiger partial charge in [0.15, 0.2) is 11.5 Å². The van der Waals surface area contributed by atoms with Crippen molar-refractivity contribution in [3.63, 3.8) is 0 Å². The lowest BCUT2D eigenvalue weighted by atomic mass is 9.92. The van der Waals surface area contributed by atoms with Gasteiger partial charge in [-0.15, -0.1) is 0 Å². The molecule has 3 rings (SSSR count). The molecule has 0 radical (unpaired) electrons. The molecule has 122 valence electrons. The lowest BCUT2D eigenvalue weighted by Gasteiger charge is -2.28. The van der Waals surface area contributed by atoms with Crippen LogP contribution in [0.1, 0.15) is 30.5 Å². The summed E-state index contributed by atoms with van der Waals surface area (Å²) in [5, 5.41) is 0. The third-order valence-corrected chi connectivity index (χ3v) is 4.51. The van der Waals surface area contributed by atoms with E-state index in [2.05, 4.69) is 4.90 Å². The molecule has 1 aromatic rings. The van der Waals surface area contributed by atoms with Crippen LogP contribution in [0.3, 0.4) is 0 Å². The van der Waals surface area contributed by atoms with E-state index in [1.165, 1.54) is 6.07 Å². The van der Waals surface area contributed by atoms with Gasteiger partial charge in [0.1, 0.15) is 13.2 Å². The molecule has 0 saturated carbocycles. The Morgan fingerprint density at radius 2 is 1.91 bits per heavy atom. The molecule has 4 nitrogen and oxygen atoms in total. The maximum absolute atomic E-state index is 14.1. The van der Waals surface area contributed by atoms with E-state index in [1.807, 2.05) is 7.05 Å². The van der Waals surface area contributed by atoms with Gasteiger partial charge in [0.25, 0.3) is 5.92 Å². The Morgan fingerprint density at radius 1 is 1.27 bits per heavy atom. The van der Waals surface area contributed by atoms with Crippen molar-refractivity contribution in [2.24, 2.45) is 11.7 Å². The van der Waals surface area contributed by atoms with Gasteiger partial charge in [0, 0.05) is 25.1 Å². The minimum atomic E-state index is -2.92. The van der Waals surface area contributed by atoms with Gasteiger partial charge in [-0.05, 0) is 43.6 Å². The first-order chi connectivity index (χ1) is 10.4. The molecular weight excluding hydrogens is 290 g/mol. The van der Waals surface area contributed by atoms with Crippen molar-refractivity contribution in [2.75, 3.05) is 33.4 Å². The van der Waals surface area contributed by atoms with Crippen LogP contribution in [0.2, 0.25) is 0 Å². The first-order valence-corrected chi connectivity index (χ1v) is 7.62. The van der Waals surface area contributed by atoms with Gasteiger partial charge in [-0.1, -0.05) is 0 Å². The van der Waals surface area contributed by atoms with E-state index in [1.54, 1.807) is 6.07 Å². The number of rotatable bonds is 3. The molecular formula is C16H22F2N2O2. The molecule has 2 aliphatic rings. The minimum Gasteiger partial charge on any atom is -0.486 e. The maximum atomic E-state index is 14.1. The Hall–Kier alpha value is -1.40. The SMILES string of the molecule is CN1CC(CN)CC1c1cc2c(cc1C(C)(F)F)OCCO2. The highest BCUT2D eigenvalue weighted by Gasteiger charge is 2.37. The molecule has 22 heavy (non-hydrogen) atoms. The van der Waals surface area contributed by atoms with Crippen molar-refractivity contribution in [1.82, 2.24) is 4.90 Å². The number of hydrogen-bond donors (Lipinski definition) is 1. The highest BCUT2D eigenvalue weighted by atomic mass is 19.3. The zero-order valence-corrected chi connectivity index (χ0v) is 12.9. The molecule has 1 aromatic carbocycles. The Kier molecular flexibility index (Phi) is 3.99. The highest BCUT2D eigenvalue weighted by molar-refractivity contribution is 5.50. The smallest absolute Gasteiger partial charge is 0.270 e. The lowest BCUT2D eigenvalue weighted by molar-refractivity contribution is 0.0148. The van der Waals surface area contributed by atoms with Crippen LogP contribution in [-0.4, -0.2) is 38.3 Å². The van der Waals surface area contributed by atoms with Crippen molar-refractivity contribution in [1.29, 1.82) is 0 Å². The van der Waals surface area contributed by atoms with E-state index < -0.39 is 5.92 Å². The fourth-order valence-electron chi connectivity index (χ4n) is 3.40. The van der Waals surface area contributed by atoms with Gasteiger partial charge >= 0.3 is 0 Å². The van der Waals surface area contributed by atoms with Crippen LogP contribution < -0.4 is 15.2 Å². The van der Waals surface area contributed by atoms with Crippen molar-refractivity contribution < 1.29 is 18.3 Å². The van der Waals surface area contributed by atoms with Crippen LogP contribution in [0.5, 0.6) is 11.5 Å². The van der Waals surface area contributed by atoms with Gasteiger partial charge < -0.3 is 15.2 Å². The van der Waals surface area contributed by atoms with Crippen LogP contribution in [-0.2, 0) is 5.92 Å². The Labute approximate surface area is 129 Å². The number of fused-ring (bicyclic) bond motifs is 1. The monoisotopic (exact) mass is 312 g/mol. The van der Waals surface area contributed by atoms with Crippen LogP contribution in [0.25, 0.3) is 0 Å².